The molecule has 1 aromatic heterocycles. The molecule has 8 heteroatoms. The van der Waals surface area contributed by atoms with Crippen LogP contribution in [0.1, 0.15) is 26.5 Å². The lowest BCUT2D eigenvalue weighted by Gasteiger charge is -2.42. The van der Waals surface area contributed by atoms with E-state index in [0.29, 0.717) is 13.1 Å². The Balaban J connectivity index is 2.48. The number of hydrogen-bond donors (Lipinski definition) is 0. The number of nitro groups is 1. The lowest BCUT2D eigenvalue weighted by atomic mass is 10.1. The molecule has 20 heavy (non-hydrogen) atoms. The maximum atomic E-state index is 11.3. The lowest BCUT2D eigenvalue weighted by Crippen LogP contribution is -2.52. The first kappa shape index (κ1) is 14.9. The van der Waals surface area contributed by atoms with E-state index in [1.54, 1.807) is 6.92 Å². The molecule has 1 aliphatic rings. The van der Waals surface area contributed by atoms with Crippen LogP contribution >= 0.6 is 11.6 Å². The van der Waals surface area contributed by atoms with Gasteiger partial charge in [-0.05, 0) is 39.3 Å². The summed E-state index contributed by atoms with van der Waals surface area (Å²) in [7, 11) is 0. The van der Waals surface area contributed by atoms with Crippen molar-refractivity contribution in [1.29, 1.82) is 0 Å². The molecular formula is C12H17ClN4O3. The van der Waals surface area contributed by atoms with Crippen molar-refractivity contribution in [2.45, 2.75) is 39.4 Å². The fourth-order valence-corrected chi connectivity index (χ4v) is 2.77. The van der Waals surface area contributed by atoms with Crippen molar-refractivity contribution >= 4 is 23.1 Å². The summed E-state index contributed by atoms with van der Waals surface area (Å²) in [5, 5.41) is 11.3. The van der Waals surface area contributed by atoms with Gasteiger partial charge in [0.1, 0.15) is 5.69 Å². The summed E-state index contributed by atoms with van der Waals surface area (Å²) < 4.78 is 5.80. The summed E-state index contributed by atoms with van der Waals surface area (Å²) in [5.74, 6) is 0.260. The van der Waals surface area contributed by atoms with E-state index in [1.165, 1.54) is 0 Å². The summed E-state index contributed by atoms with van der Waals surface area (Å²) in [5.41, 5.74) is -0.238. The highest BCUT2D eigenvalue weighted by Gasteiger charge is 2.36. The van der Waals surface area contributed by atoms with Gasteiger partial charge in [-0.15, -0.1) is 0 Å². The van der Waals surface area contributed by atoms with Gasteiger partial charge in [-0.25, -0.2) is 4.98 Å². The number of hydrogen-bond acceptors (Lipinski definition) is 6. The standard InChI is InChI=1S/C12H17ClN4O3/c1-7-5-16(6-12(3,4)20-7)10-9(17(18)19)8(2)14-11(13)15-10/h7H,5-6H2,1-4H3. The summed E-state index contributed by atoms with van der Waals surface area (Å²) in [6.07, 6.45) is -0.0487. The predicted octanol–water partition coefficient (Wildman–Crippen LogP) is 2.35. The Morgan fingerprint density at radius 3 is 2.70 bits per heavy atom. The summed E-state index contributed by atoms with van der Waals surface area (Å²) in [6, 6.07) is 0. The zero-order chi connectivity index (χ0) is 15.1. The topological polar surface area (TPSA) is 81.4 Å². The quantitative estimate of drug-likeness (QED) is 0.474. The maximum Gasteiger partial charge on any atom is 0.332 e. The van der Waals surface area contributed by atoms with Crippen molar-refractivity contribution in [2.24, 2.45) is 0 Å². The van der Waals surface area contributed by atoms with Crippen molar-refractivity contribution in [3.63, 3.8) is 0 Å². The van der Waals surface area contributed by atoms with E-state index >= 15 is 0 Å². The van der Waals surface area contributed by atoms with Crippen LogP contribution in [-0.4, -0.2) is 39.7 Å². The molecule has 1 fully saturated rings. The second-order valence-corrected chi connectivity index (χ2v) is 5.91. The van der Waals surface area contributed by atoms with Crippen molar-refractivity contribution in [2.75, 3.05) is 18.0 Å². The summed E-state index contributed by atoms with van der Waals surface area (Å²) in [4.78, 5) is 20.6. The zero-order valence-electron chi connectivity index (χ0n) is 11.9. The third kappa shape index (κ3) is 2.99. The highest BCUT2D eigenvalue weighted by atomic mass is 35.5. The van der Waals surface area contributed by atoms with Crippen molar-refractivity contribution in [3.05, 3.63) is 21.1 Å². The minimum atomic E-state index is -0.464. The number of rotatable bonds is 2. The first-order valence-corrected chi connectivity index (χ1v) is 6.69. The minimum absolute atomic E-state index is 0.0139. The van der Waals surface area contributed by atoms with E-state index in [9.17, 15) is 10.1 Å². The molecule has 1 atom stereocenters. The second-order valence-electron chi connectivity index (χ2n) is 5.58. The molecule has 0 aliphatic carbocycles. The van der Waals surface area contributed by atoms with Crippen molar-refractivity contribution in [3.8, 4) is 0 Å². The molecule has 0 saturated carbocycles. The molecule has 2 heterocycles. The van der Waals surface area contributed by atoms with Crippen LogP contribution in [0, 0.1) is 17.0 Å². The highest BCUT2D eigenvalue weighted by Crippen LogP contribution is 2.33. The average Bonchev–Trinajstić information content (AvgIpc) is 2.24. The molecule has 110 valence electrons. The molecule has 1 unspecified atom stereocenters. The van der Waals surface area contributed by atoms with Crippen molar-refractivity contribution in [1.82, 2.24) is 9.97 Å². The first-order chi connectivity index (χ1) is 9.19. The maximum absolute atomic E-state index is 11.3. The summed E-state index contributed by atoms with van der Waals surface area (Å²) in [6.45, 7) is 8.40. The van der Waals surface area contributed by atoms with E-state index in [4.69, 9.17) is 16.3 Å². The molecule has 1 aromatic rings. The van der Waals surface area contributed by atoms with Crippen LogP contribution in [0.5, 0.6) is 0 Å². The van der Waals surface area contributed by atoms with E-state index in [2.05, 4.69) is 9.97 Å². The van der Waals surface area contributed by atoms with Gasteiger partial charge in [0.25, 0.3) is 0 Å². The molecule has 0 N–H and O–H groups in total. The van der Waals surface area contributed by atoms with Crippen LogP contribution in [0.25, 0.3) is 0 Å². The monoisotopic (exact) mass is 300 g/mol. The fourth-order valence-electron chi connectivity index (χ4n) is 2.57. The van der Waals surface area contributed by atoms with Gasteiger partial charge in [-0.1, -0.05) is 0 Å². The van der Waals surface area contributed by atoms with Gasteiger partial charge >= 0.3 is 5.69 Å². The molecule has 0 bridgehead atoms. The molecule has 7 nitrogen and oxygen atoms in total. The van der Waals surface area contributed by atoms with Gasteiger partial charge in [0.2, 0.25) is 11.1 Å². The largest absolute Gasteiger partial charge is 0.369 e. The predicted molar refractivity (Wildman–Crippen MR) is 75.3 cm³/mol. The molecule has 0 aromatic carbocycles. The van der Waals surface area contributed by atoms with Gasteiger partial charge in [0.15, 0.2) is 0 Å². The normalized spacial score (nSPS) is 21.9. The molecule has 0 radical (unpaired) electrons. The Bertz CT molecular complexity index is 550. The molecule has 1 aliphatic heterocycles. The SMILES string of the molecule is Cc1nc(Cl)nc(N2CC(C)OC(C)(C)C2)c1[N+](=O)[O-]. The fraction of sp³-hybridized carbons (Fsp3) is 0.667. The van der Waals surface area contributed by atoms with E-state index in [1.807, 2.05) is 25.7 Å². The highest BCUT2D eigenvalue weighted by molar-refractivity contribution is 6.28. The molecular weight excluding hydrogens is 284 g/mol. The Kier molecular flexibility index (Phi) is 3.84. The number of aryl methyl sites for hydroxylation is 1. The van der Waals surface area contributed by atoms with Crippen LogP contribution in [0.3, 0.4) is 0 Å². The Morgan fingerprint density at radius 1 is 1.50 bits per heavy atom. The second kappa shape index (κ2) is 5.14. The van der Waals surface area contributed by atoms with Crippen LogP contribution < -0.4 is 4.90 Å². The van der Waals surface area contributed by atoms with Gasteiger partial charge in [0.05, 0.1) is 16.6 Å². The molecule has 0 amide bonds. The Labute approximate surface area is 122 Å². The molecule has 1 saturated heterocycles. The van der Waals surface area contributed by atoms with E-state index in [-0.39, 0.29) is 28.6 Å². The number of ether oxygens (including phenoxy) is 1. The average molecular weight is 301 g/mol. The van der Waals surface area contributed by atoms with Gasteiger partial charge in [-0.3, -0.25) is 10.1 Å². The smallest absolute Gasteiger partial charge is 0.332 e. The van der Waals surface area contributed by atoms with E-state index < -0.39 is 10.5 Å². The number of halogens is 1. The third-order valence-electron chi connectivity index (χ3n) is 3.06. The third-order valence-corrected chi connectivity index (χ3v) is 3.23. The Morgan fingerprint density at radius 2 is 2.15 bits per heavy atom. The number of morpholine rings is 1. The first-order valence-electron chi connectivity index (χ1n) is 6.31. The number of anilines is 1. The van der Waals surface area contributed by atoms with Gasteiger partial charge in [0, 0.05) is 13.1 Å². The molecule has 2 rings (SSSR count). The summed E-state index contributed by atoms with van der Waals surface area (Å²) >= 11 is 5.85. The van der Waals surface area contributed by atoms with E-state index in [0.717, 1.165) is 0 Å². The number of nitrogens with zero attached hydrogens (tertiary/aromatic N) is 4. The lowest BCUT2D eigenvalue weighted by molar-refractivity contribution is -0.385. The van der Waals surface area contributed by atoms with Gasteiger partial charge in [-0.2, -0.15) is 4.98 Å². The molecule has 0 spiro atoms. The van der Waals surface area contributed by atoms with Crippen LogP contribution in [0.4, 0.5) is 11.5 Å². The Hall–Kier alpha value is -1.47. The van der Waals surface area contributed by atoms with Gasteiger partial charge < -0.3 is 9.64 Å². The van der Waals surface area contributed by atoms with Crippen LogP contribution in [-0.2, 0) is 4.74 Å². The zero-order valence-corrected chi connectivity index (χ0v) is 12.6. The minimum Gasteiger partial charge on any atom is -0.369 e. The van der Waals surface area contributed by atoms with Crippen LogP contribution in [0.2, 0.25) is 5.28 Å². The number of aromatic nitrogens is 2. The van der Waals surface area contributed by atoms with Crippen molar-refractivity contribution < 1.29 is 9.66 Å². The van der Waals surface area contributed by atoms with Crippen LogP contribution in [0.15, 0.2) is 0 Å².